The van der Waals surface area contributed by atoms with Gasteiger partial charge >= 0.3 is 6.18 Å². The fraction of sp³-hybridized carbons (Fsp3) is 0.273. The molecule has 0 saturated heterocycles. The second-order valence-electron chi connectivity index (χ2n) is 7.36. The molecule has 2 heterocycles. The molecular weight excluding hydrogens is 481 g/mol. The van der Waals surface area contributed by atoms with Gasteiger partial charge in [-0.1, -0.05) is 18.0 Å². The van der Waals surface area contributed by atoms with E-state index in [4.69, 9.17) is 11.6 Å². The van der Waals surface area contributed by atoms with Gasteiger partial charge in [-0.2, -0.15) is 13.2 Å². The molecule has 32 heavy (non-hydrogen) atoms. The molecule has 0 bridgehead atoms. The Balaban J connectivity index is 1.62. The summed E-state index contributed by atoms with van der Waals surface area (Å²) in [7, 11) is 0. The minimum absolute atomic E-state index is 0.249. The number of carbonyl (C=O) groups is 2. The third-order valence-electron chi connectivity index (χ3n) is 5.14. The van der Waals surface area contributed by atoms with Crippen molar-refractivity contribution in [3.05, 3.63) is 67.2 Å². The van der Waals surface area contributed by atoms with Crippen molar-refractivity contribution >= 4 is 56.8 Å². The molecule has 0 radical (unpaired) electrons. The summed E-state index contributed by atoms with van der Waals surface area (Å²) in [5.74, 6) is -0.814. The number of rotatable bonds is 4. The monoisotopic (exact) mass is 498 g/mol. The van der Waals surface area contributed by atoms with Gasteiger partial charge in [-0.15, -0.1) is 22.7 Å². The lowest BCUT2D eigenvalue weighted by Gasteiger charge is -2.11. The zero-order chi connectivity index (χ0) is 22.9. The van der Waals surface area contributed by atoms with E-state index < -0.39 is 17.6 Å². The van der Waals surface area contributed by atoms with Crippen LogP contribution in [0.25, 0.3) is 0 Å². The molecule has 2 aromatic heterocycles. The number of aryl methyl sites for hydroxylation is 1. The molecule has 0 fully saturated rings. The summed E-state index contributed by atoms with van der Waals surface area (Å²) < 4.78 is 38.9. The van der Waals surface area contributed by atoms with Crippen LogP contribution in [0.1, 0.15) is 55.3 Å². The summed E-state index contributed by atoms with van der Waals surface area (Å²) in [5, 5.41) is 5.96. The minimum Gasteiger partial charge on any atom is -0.322 e. The highest BCUT2D eigenvalue weighted by Crippen LogP contribution is 2.39. The lowest BCUT2D eigenvalue weighted by Crippen LogP contribution is -2.18. The first-order valence-corrected chi connectivity index (χ1v) is 11.9. The summed E-state index contributed by atoms with van der Waals surface area (Å²) in [5.41, 5.74) is 0.737. The largest absolute Gasteiger partial charge is 0.416 e. The molecule has 1 aromatic carbocycles. The first-order valence-electron chi connectivity index (χ1n) is 9.92. The molecule has 0 saturated carbocycles. The van der Waals surface area contributed by atoms with E-state index in [1.807, 2.05) is 0 Å². The third-order valence-corrected chi connectivity index (χ3v) is 7.58. The van der Waals surface area contributed by atoms with Crippen molar-refractivity contribution in [2.75, 3.05) is 10.6 Å². The minimum atomic E-state index is -4.45. The molecule has 0 unspecified atom stereocenters. The van der Waals surface area contributed by atoms with Gasteiger partial charge in [-0.05, 0) is 67.6 Å². The Labute approximate surface area is 195 Å². The number of amides is 2. The van der Waals surface area contributed by atoms with Crippen molar-refractivity contribution in [3.63, 3.8) is 0 Å². The van der Waals surface area contributed by atoms with Crippen LogP contribution < -0.4 is 10.6 Å². The van der Waals surface area contributed by atoms with Gasteiger partial charge in [0, 0.05) is 10.6 Å². The summed E-state index contributed by atoms with van der Waals surface area (Å²) in [6.07, 6.45) is 0.0648. The van der Waals surface area contributed by atoms with Crippen molar-refractivity contribution in [2.24, 2.45) is 0 Å². The normalized spacial score (nSPS) is 13.9. The van der Waals surface area contributed by atoms with E-state index in [0.29, 0.717) is 26.2 Å². The second kappa shape index (κ2) is 9.25. The Hall–Kier alpha value is -2.36. The molecule has 1 aliphatic rings. The predicted octanol–water partition coefficient (Wildman–Crippen LogP) is 7.26. The van der Waals surface area contributed by atoms with Gasteiger partial charge in [-0.25, -0.2) is 0 Å². The SMILES string of the molecule is O=C(Nc1sc2c(c1C(=O)Nc1ccc(C(F)(F)F)cc1)CCCCC2)c1ccc(Cl)s1. The Bertz CT molecular complexity index is 1150. The zero-order valence-corrected chi connectivity index (χ0v) is 19.0. The number of hydrogen-bond acceptors (Lipinski definition) is 4. The van der Waals surface area contributed by atoms with Gasteiger partial charge in [-0.3, -0.25) is 9.59 Å². The molecule has 4 nitrogen and oxygen atoms in total. The summed E-state index contributed by atoms with van der Waals surface area (Å²) in [6, 6.07) is 7.53. The van der Waals surface area contributed by atoms with Crippen LogP contribution in [0.2, 0.25) is 4.34 Å². The van der Waals surface area contributed by atoms with Gasteiger partial charge in [0.2, 0.25) is 0 Å². The number of carbonyl (C=O) groups excluding carboxylic acids is 2. The van der Waals surface area contributed by atoms with E-state index in [1.165, 1.54) is 23.5 Å². The molecule has 2 amide bonds. The Kier molecular flexibility index (Phi) is 6.60. The quantitative estimate of drug-likeness (QED) is 0.372. The van der Waals surface area contributed by atoms with Crippen molar-refractivity contribution in [1.82, 2.24) is 0 Å². The first kappa shape index (κ1) is 22.8. The molecular formula is C22H18ClF3N2O2S2. The molecule has 0 aliphatic heterocycles. The Morgan fingerprint density at radius 1 is 0.875 bits per heavy atom. The number of benzene rings is 1. The number of nitrogens with one attached hydrogen (secondary N) is 2. The van der Waals surface area contributed by atoms with Gasteiger partial charge in [0.05, 0.1) is 20.3 Å². The molecule has 4 rings (SSSR count). The Morgan fingerprint density at radius 2 is 1.59 bits per heavy atom. The molecule has 0 atom stereocenters. The average molecular weight is 499 g/mol. The highest BCUT2D eigenvalue weighted by molar-refractivity contribution is 7.18. The highest BCUT2D eigenvalue weighted by Gasteiger charge is 2.30. The topological polar surface area (TPSA) is 58.2 Å². The van der Waals surface area contributed by atoms with Gasteiger partial charge in [0.25, 0.3) is 11.8 Å². The summed E-state index contributed by atoms with van der Waals surface area (Å²) in [6.45, 7) is 0. The van der Waals surface area contributed by atoms with Crippen molar-refractivity contribution in [3.8, 4) is 0 Å². The van der Waals surface area contributed by atoms with Gasteiger partial charge < -0.3 is 10.6 Å². The molecule has 2 N–H and O–H groups in total. The van der Waals surface area contributed by atoms with E-state index in [0.717, 1.165) is 59.6 Å². The number of anilines is 2. The number of thiophene rings is 2. The van der Waals surface area contributed by atoms with E-state index in [2.05, 4.69) is 10.6 Å². The van der Waals surface area contributed by atoms with Crippen LogP contribution in [-0.2, 0) is 19.0 Å². The van der Waals surface area contributed by atoms with E-state index in [9.17, 15) is 22.8 Å². The number of halogens is 4. The molecule has 3 aromatic rings. The highest BCUT2D eigenvalue weighted by atomic mass is 35.5. The van der Waals surface area contributed by atoms with E-state index in [-0.39, 0.29) is 11.6 Å². The third kappa shape index (κ3) is 5.00. The molecule has 10 heteroatoms. The van der Waals surface area contributed by atoms with Crippen LogP contribution in [0.5, 0.6) is 0 Å². The van der Waals surface area contributed by atoms with Gasteiger partial charge in [0.15, 0.2) is 0 Å². The maximum absolute atomic E-state index is 13.2. The van der Waals surface area contributed by atoms with E-state index in [1.54, 1.807) is 12.1 Å². The fourth-order valence-electron chi connectivity index (χ4n) is 3.61. The number of fused-ring (bicyclic) bond motifs is 1. The first-order chi connectivity index (χ1) is 15.2. The van der Waals surface area contributed by atoms with Crippen molar-refractivity contribution in [2.45, 2.75) is 38.3 Å². The standard InChI is InChI=1S/C22H18ClF3N2O2S2/c23-17-11-10-16(31-17)19(29)28-21-18(14-4-2-1-3-5-15(14)32-21)20(30)27-13-8-6-12(7-9-13)22(24,25)26/h6-11H,1-5H2,(H,27,30)(H,28,29). The van der Waals surface area contributed by atoms with Crippen LogP contribution in [0.15, 0.2) is 36.4 Å². The van der Waals surface area contributed by atoms with Crippen LogP contribution in [-0.4, -0.2) is 11.8 Å². The maximum Gasteiger partial charge on any atom is 0.416 e. The van der Waals surface area contributed by atoms with Gasteiger partial charge in [0.1, 0.15) is 5.00 Å². The van der Waals surface area contributed by atoms with Crippen molar-refractivity contribution < 1.29 is 22.8 Å². The lowest BCUT2D eigenvalue weighted by molar-refractivity contribution is -0.137. The second-order valence-corrected chi connectivity index (χ2v) is 10.2. The van der Waals surface area contributed by atoms with Crippen LogP contribution in [0.4, 0.5) is 23.9 Å². The number of hydrogen-bond donors (Lipinski definition) is 2. The lowest BCUT2D eigenvalue weighted by atomic mass is 10.0. The number of alkyl halides is 3. The fourth-order valence-corrected chi connectivity index (χ4v) is 5.83. The summed E-state index contributed by atoms with van der Waals surface area (Å²) >= 11 is 8.44. The predicted molar refractivity (Wildman–Crippen MR) is 122 cm³/mol. The van der Waals surface area contributed by atoms with Crippen LogP contribution in [0.3, 0.4) is 0 Å². The Morgan fingerprint density at radius 3 is 2.25 bits per heavy atom. The van der Waals surface area contributed by atoms with Crippen molar-refractivity contribution in [1.29, 1.82) is 0 Å². The maximum atomic E-state index is 13.2. The van der Waals surface area contributed by atoms with Crippen LogP contribution in [0, 0.1) is 0 Å². The molecule has 0 spiro atoms. The van der Waals surface area contributed by atoms with Crippen LogP contribution >= 0.6 is 34.3 Å². The van der Waals surface area contributed by atoms with E-state index >= 15 is 0 Å². The molecule has 1 aliphatic carbocycles. The average Bonchev–Trinajstić information content (AvgIpc) is 3.24. The smallest absolute Gasteiger partial charge is 0.322 e. The zero-order valence-electron chi connectivity index (χ0n) is 16.6. The molecule has 168 valence electrons. The summed E-state index contributed by atoms with van der Waals surface area (Å²) in [4.78, 5) is 27.3.